The van der Waals surface area contributed by atoms with Gasteiger partial charge in [-0.2, -0.15) is 0 Å². The van der Waals surface area contributed by atoms with Gasteiger partial charge in [-0.25, -0.2) is 0 Å². The first kappa shape index (κ1) is 20.5. The number of amides is 2. The zero-order chi connectivity index (χ0) is 19.8. The Hall–Kier alpha value is -2.82. The molecule has 0 bridgehead atoms. The van der Waals surface area contributed by atoms with Gasteiger partial charge in [0.25, 0.3) is 0 Å². The maximum absolute atomic E-state index is 12.2. The van der Waals surface area contributed by atoms with Gasteiger partial charge in [-0.3, -0.25) is 9.59 Å². The Balaban J connectivity index is 1.86. The molecule has 2 rings (SSSR count). The zero-order valence-electron chi connectivity index (χ0n) is 16.5. The van der Waals surface area contributed by atoms with Crippen molar-refractivity contribution < 1.29 is 9.59 Å². The zero-order valence-corrected chi connectivity index (χ0v) is 16.5. The van der Waals surface area contributed by atoms with E-state index in [1.165, 1.54) is 5.56 Å². The minimum absolute atomic E-state index is 0.00481. The van der Waals surface area contributed by atoms with Gasteiger partial charge >= 0.3 is 0 Å². The molecule has 0 atom stereocenters. The molecule has 0 saturated carbocycles. The third-order valence-corrected chi connectivity index (χ3v) is 4.07. The maximum Gasteiger partial charge on any atom is 0.243 e. The summed E-state index contributed by atoms with van der Waals surface area (Å²) in [6, 6.07) is 15.1. The van der Waals surface area contributed by atoms with Gasteiger partial charge in [-0.15, -0.1) is 0 Å². The van der Waals surface area contributed by atoms with Crippen LogP contribution < -0.4 is 16.0 Å². The van der Waals surface area contributed by atoms with Crippen LogP contribution in [0, 0.1) is 5.92 Å². The summed E-state index contributed by atoms with van der Waals surface area (Å²) in [6.07, 6.45) is 0.488. The summed E-state index contributed by atoms with van der Waals surface area (Å²) >= 11 is 0. The van der Waals surface area contributed by atoms with E-state index in [1.807, 2.05) is 32.0 Å². The van der Waals surface area contributed by atoms with Crippen LogP contribution in [0.2, 0.25) is 0 Å². The van der Waals surface area contributed by atoms with Crippen molar-refractivity contribution in [1.82, 2.24) is 0 Å². The van der Waals surface area contributed by atoms with E-state index in [-0.39, 0.29) is 18.4 Å². The Labute approximate surface area is 161 Å². The fourth-order valence-corrected chi connectivity index (χ4v) is 2.76. The third kappa shape index (κ3) is 6.77. The molecule has 5 nitrogen and oxygen atoms in total. The monoisotopic (exact) mass is 367 g/mol. The Morgan fingerprint density at radius 3 is 1.93 bits per heavy atom. The maximum atomic E-state index is 12.2. The number of rotatable bonds is 8. The van der Waals surface area contributed by atoms with E-state index in [4.69, 9.17) is 0 Å². The SMILES string of the molecule is CC(C)CC(=O)Nc1ccc(NC(=O)CNc2ccccc2C(C)C)cc1. The predicted molar refractivity (Wildman–Crippen MR) is 112 cm³/mol. The van der Waals surface area contributed by atoms with E-state index < -0.39 is 0 Å². The Bertz CT molecular complexity index is 767. The van der Waals surface area contributed by atoms with Crippen LogP contribution in [0.5, 0.6) is 0 Å². The normalized spacial score (nSPS) is 10.7. The Morgan fingerprint density at radius 1 is 0.815 bits per heavy atom. The van der Waals surface area contributed by atoms with E-state index in [2.05, 4.69) is 35.9 Å². The molecule has 2 aromatic rings. The summed E-state index contributed by atoms with van der Waals surface area (Å²) in [7, 11) is 0. The lowest BCUT2D eigenvalue weighted by Gasteiger charge is -2.14. The molecule has 0 aliphatic carbocycles. The summed E-state index contributed by atoms with van der Waals surface area (Å²) in [5.74, 6) is 0.576. The molecule has 0 fully saturated rings. The van der Waals surface area contributed by atoms with Crippen LogP contribution in [0.1, 0.15) is 45.6 Å². The molecule has 0 radical (unpaired) electrons. The van der Waals surface area contributed by atoms with E-state index in [0.29, 0.717) is 23.9 Å². The molecule has 2 aromatic carbocycles. The minimum atomic E-state index is -0.120. The van der Waals surface area contributed by atoms with Gasteiger partial charge < -0.3 is 16.0 Å². The minimum Gasteiger partial charge on any atom is -0.376 e. The number of carbonyl (C=O) groups is 2. The number of benzene rings is 2. The summed E-state index contributed by atoms with van der Waals surface area (Å²) in [6.45, 7) is 8.46. The van der Waals surface area contributed by atoms with Crippen molar-refractivity contribution in [2.24, 2.45) is 5.92 Å². The molecular weight excluding hydrogens is 338 g/mol. The lowest BCUT2D eigenvalue weighted by molar-refractivity contribution is -0.117. The predicted octanol–water partition coefficient (Wildman–Crippen LogP) is 4.85. The number of hydrogen-bond donors (Lipinski definition) is 3. The van der Waals surface area contributed by atoms with E-state index in [1.54, 1.807) is 24.3 Å². The molecule has 0 aromatic heterocycles. The standard InChI is InChI=1S/C22H29N3O2/c1-15(2)13-21(26)24-17-9-11-18(12-10-17)25-22(27)14-23-20-8-6-5-7-19(20)16(3)4/h5-12,15-16,23H,13-14H2,1-4H3,(H,24,26)(H,25,27). The fraction of sp³-hybridized carbons (Fsp3) is 0.364. The highest BCUT2D eigenvalue weighted by atomic mass is 16.2. The van der Waals surface area contributed by atoms with Crippen LogP contribution in [0.3, 0.4) is 0 Å². The van der Waals surface area contributed by atoms with Gasteiger partial charge in [0, 0.05) is 23.5 Å². The number of anilines is 3. The lowest BCUT2D eigenvalue weighted by Crippen LogP contribution is -2.22. The van der Waals surface area contributed by atoms with Crippen LogP contribution in [-0.4, -0.2) is 18.4 Å². The van der Waals surface area contributed by atoms with Crippen LogP contribution in [0.4, 0.5) is 17.1 Å². The molecule has 144 valence electrons. The molecule has 0 aliphatic heterocycles. The smallest absolute Gasteiger partial charge is 0.243 e. The molecule has 5 heteroatoms. The summed E-state index contributed by atoms with van der Waals surface area (Å²) in [5, 5.41) is 8.91. The van der Waals surface area contributed by atoms with Crippen LogP contribution in [0.25, 0.3) is 0 Å². The first-order valence-electron chi connectivity index (χ1n) is 9.37. The van der Waals surface area contributed by atoms with E-state index >= 15 is 0 Å². The van der Waals surface area contributed by atoms with E-state index in [9.17, 15) is 9.59 Å². The molecule has 3 N–H and O–H groups in total. The fourth-order valence-electron chi connectivity index (χ4n) is 2.76. The summed E-state index contributed by atoms with van der Waals surface area (Å²) in [4.78, 5) is 24.0. The number of hydrogen-bond acceptors (Lipinski definition) is 3. The van der Waals surface area contributed by atoms with Crippen molar-refractivity contribution >= 4 is 28.9 Å². The van der Waals surface area contributed by atoms with Gasteiger partial charge in [-0.05, 0) is 47.7 Å². The highest BCUT2D eigenvalue weighted by Crippen LogP contribution is 2.23. The molecular formula is C22H29N3O2. The molecule has 0 unspecified atom stereocenters. The van der Waals surface area contributed by atoms with Gasteiger partial charge in [-0.1, -0.05) is 45.9 Å². The molecule has 2 amide bonds. The average Bonchev–Trinajstić information content (AvgIpc) is 2.61. The van der Waals surface area contributed by atoms with Crippen molar-refractivity contribution in [3.05, 3.63) is 54.1 Å². The quantitative estimate of drug-likeness (QED) is 0.625. The van der Waals surface area contributed by atoms with Crippen molar-refractivity contribution in [3.8, 4) is 0 Å². The van der Waals surface area contributed by atoms with Crippen molar-refractivity contribution in [2.45, 2.75) is 40.0 Å². The second-order valence-corrected chi connectivity index (χ2v) is 7.37. The molecule has 0 aliphatic rings. The second kappa shape index (κ2) is 9.76. The topological polar surface area (TPSA) is 70.2 Å². The largest absolute Gasteiger partial charge is 0.376 e. The molecule has 27 heavy (non-hydrogen) atoms. The van der Waals surface area contributed by atoms with Crippen LogP contribution in [0.15, 0.2) is 48.5 Å². The first-order chi connectivity index (χ1) is 12.8. The highest BCUT2D eigenvalue weighted by molar-refractivity contribution is 5.95. The number of nitrogens with one attached hydrogen (secondary N) is 3. The van der Waals surface area contributed by atoms with Gasteiger partial charge in [0.2, 0.25) is 11.8 Å². The number of para-hydroxylation sites is 1. The van der Waals surface area contributed by atoms with Crippen molar-refractivity contribution in [2.75, 3.05) is 22.5 Å². The Kier molecular flexibility index (Phi) is 7.41. The van der Waals surface area contributed by atoms with Crippen molar-refractivity contribution in [1.29, 1.82) is 0 Å². The molecule has 0 saturated heterocycles. The van der Waals surface area contributed by atoms with Crippen molar-refractivity contribution in [3.63, 3.8) is 0 Å². The van der Waals surface area contributed by atoms with Crippen LogP contribution >= 0.6 is 0 Å². The van der Waals surface area contributed by atoms with Gasteiger partial charge in [0.1, 0.15) is 0 Å². The van der Waals surface area contributed by atoms with Gasteiger partial charge in [0.05, 0.1) is 6.54 Å². The lowest BCUT2D eigenvalue weighted by atomic mass is 10.0. The van der Waals surface area contributed by atoms with Crippen LogP contribution in [-0.2, 0) is 9.59 Å². The highest BCUT2D eigenvalue weighted by Gasteiger charge is 2.08. The molecule has 0 spiro atoms. The number of carbonyl (C=O) groups excluding carboxylic acids is 2. The Morgan fingerprint density at radius 2 is 1.37 bits per heavy atom. The second-order valence-electron chi connectivity index (χ2n) is 7.37. The van der Waals surface area contributed by atoms with Gasteiger partial charge in [0.15, 0.2) is 0 Å². The average molecular weight is 367 g/mol. The van der Waals surface area contributed by atoms with E-state index in [0.717, 1.165) is 11.4 Å². The summed E-state index contributed by atoms with van der Waals surface area (Å²) in [5.41, 5.74) is 3.58. The first-order valence-corrected chi connectivity index (χ1v) is 9.37. The molecule has 0 heterocycles. The summed E-state index contributed by atoms with van der Waals surface area (Å²) < 4.78 is 0. The third-order valence-electron chi connectivity index (χ3n) is 4.07.